The minimum Gasteiger partial charge on any atom is -0.465 e. The molecule has 0 atom stereocenters. The molecule has 122 valence electrons. The minimum absolute atomic E-state index is 0.0363. The number of carbonyl (C=O) groups excluding carboxylic acids is 1. The van der Waals surface area contributed by atoms with Crippen LogP contribution in [0.3, 0.4) is 0 Å². The number of ether oxygens (including phenoxy) is 3. The lowest BCUT2D eigenvalue weighted by atomic mass is 9.77. The molecule has 0 radical (unpaired) electrons. The standard InChI is InChI=1S/C16H29NO4/c1-12(18)19-9-15(6)10-20-16(21-11-15)7-13(2,3)17-14(4,5)8-16/h17H,7-11H2,1-6H3. The molecule has 1 spiro atoms. The highest BCUT2D eigenvalue weighted by atomic mass is 16.7. The van der Waals surface area contributed by atoms with Crippen LogP contribution in [0.4, 0.5) is 0 Å². The van der Waals surface area contributed by atoms with Gasteiger partial charge in [-0.2, -0.15) is 0 Å². The van der Waals surface area contributed by atoms with Crippen LogP contribution in [0.15, 0.2) is 0 Å². The quantitative estimate of drug-likeness (QED) is 0.793. The lowest BCUT2D eigenvalue weighted by Gasteiger charge is -2.55. The first-order valence-electron chi connectivity index (χ1n) is 7.66. The first kappa shape index (κ1) is 16.7. The molecule has 0 unspecified atom stereocenters. The molecule has 0 saturated carbocycles. The molecule has 2 aliphatic rings. The Bertz CT molecular complexity index is 391. The number of carbonyl (C=O) groups is 1. The highest BCUT2D eigenvalue weighted by molar-refractivity contribution is 5.65. The van der Waals surface area contributed by atoms with Crippen molar-refractivity contribution in [2.45, 2.75) is 71.2 Å². The van der Waals surface area contributed by atoms with Crippen molar-refractivity contribution in [3.63, 3.8) is 0 Å². The predicted molar refractivity (Wildman–Crippen MR) is 79.9 cm³/mol. The number of hydrogen-bond donors (Lipinski definition) is 1. The van der Waals surface area contributed by atoms with Crippen molar-refractivity contribution in [3.05, 3.63) is 0 Å². The third-order valence-electron chi connectivity index (χ3n) is 4.09. The second-order valence-electron chi connectivity index (χ2n) is 8.33. The molecule has 21 heavy (non-hydrogen) atoms. The summed E-state index contributed by atoms with van der Waals surface area (Å²) in [6.45, 7) is 13.6. The van der Waals surface area contributed by atoms with Crippen LogP contribution in [-0.4, -0.2) is 42.7 Å². The van der Waals surface area contributed by atoms with E-state index in [1.54, 1.807) is 0 Å². The van der Waals surface area contributed by atoms with Crippen LogP contribution in [-0.2, 0) is 19.0 Å². The number of hydrogen-bond acceptors (Lipinski definition) is 5. The van der Waals surface area contributed by atoms with Crippen LogP contribution in [0.25, 0.3) is 0 Å². The summed E-state index contributed by atoms with van der Waals surface area (Å²) < 4.78 is 17.5. The number of nitrogens with one attached hydrogen (secondary N) is 1. The number of rotatable bonds is 2. The fraction of sp³-hybridized carbons (Fsp3) is 0.938. The third kappa shape index (κ3) is 4.18. The Morgan fingerprint density at radius 1 is 1.05 bits per heavy atom. The Morgan fingerprint density at radius 3 is 1.95 bits per heavy atom. The zero-order chi connectivity index (χ0) is 15.9. The molecule has 0 aromatic rings. The van der Waals surface area contributed by atoms with Gasteiger partial charge in [0, 0.05) is 36.3 Å². The SMILES string of the molecule is CC(=O)OCC1(C)COC2(CC(C)(C)NC(C)(C)C2)OC1. The lowest BCUT2D eigenvalue weighted by molar-refractivity contribution is -0.329. The average molecular weight is 299 g/mol. The molecular formula is C16H29NO4. The topological polar surface area (TPSA) is 56.8 Å². The molecule has 0 bridgehead atoms. The zero-order valence-corrected chi connectivity index (χ0v) is 14.2. The summed E-state index contributed by atoms with van der Waals surface area (Å²) in [6.07, 6.45) is 1.63. The van der Waals surface area contributed by atoms with Gasteiger partial charge in [0.2, 0.25) is 0 Å². The maximum atomic E-state index is 11.0. The Labute approximate surface area is 127 Å². The van der Waals surface area contributed by atoms with Gasteiger partial charge in [-0.15, -0.1) is 0 Å². The summed E-state index contributed by atoms with van der Waals surface area (Å²) in [5, 5.41) is 3.64. The monoisotopic (exact) mass is 299 g/mol. The van der Waals surface area contributed by atoms with E-state index in [2.05, 4.69) is 33.0 Å². The Hall–Kier alpha value is -0.650. The Balaban J connectivity index is 2.03. The van der Waals surface area contributed by atoms with Crippen molar-refractivity contribution in [1.82, 2.24) is 5.32 Å². The largest absolute Gasteiger partial charge is 0.465 e. The first-order chi connectivity index (χ1) is 9.45. The molecule has 2 fully saturated rings. The number of piperidine rings is 1. The van der Waals surface area contributed by atoms with E-state index in [-0.39, 0.29) is 22.5 Å². The van der Waals surface area contributed by atoms with E-state index in [0.29, 0.717) is 19.8 Å². The summed E-state index contributed by atoms with van der Waals surface area (Å²) >= 11 is 0. The van der Waals surface area contributed by atoms with E-state index in [1.165, 1.54) is 6.92 Å². The second-order valence-corrected chi connectivity index (χ2v) is 8.33. The smallest absolute Gasteiger partial charge is 0.302 e. The van der Waals surface area contributed by atoms with E-state index in [1.807, 2.05) is 6.92 Å². The van der Waals surface area contributed by atoms with Gasteiger partial charge in [-0.05, 0) is 27.7 Å². The van der Waals surface area contributed by atoms with Crippen molar-refractivity contribution < 1.29 is 19.0 Å². The number of esters is 1. The Morgan fingerprint density at radius 2 is 1.52 bits per heavy atom. The van der Waals surface area contributed by atoms with Crippen LogP contribution in [0.2, 0.25) is 0 Å². The predicted octanol–water partition coefficient (Wildman–Crippen LogP) is 2.24. The minimum atomic E-state index is -0.534. The molecule has 2 rings (SSSR count). The van der Waals surface area contributed by atoms with Gasteiger partial charge in [-0.1, -0.05) is 6.92 Å². The molecule has 5 heteroatoms. The van der Waals surface area contributed by atoms with Gasteiger partial charge in [0.1, 0.15) is 6.61 Å². The van der Waals surface area contributed by atoms with Crippen molar-refractivity contribution in [2.24, 2.45) is 5.41 Å². The van der Waals surface area contributed by atoms with Crippen molar-refractivity contribution in [3.8, 4) is 0 Å². The van der Waals surface area contributed by atoms with Gasteiger partial charge in [-0.25, -0.2) is 0 Å². The first-order valence-corrected chi connectivity index (χ1v) is 7.66. The molecule has 5 nitrogen and oxygen atoms in total. The van der Waals surface area contributed by atoms with Gasteiger partial charge < -0.3 is 19.5 Å². The van der Waals surface area contributed by atoms with Crippen molar-refractivity contribution in [1.29, 1.82) is 0 Å². The molecule has 0 aliphatic carbocycles. The van der Waals surface area contributed by atoms with Gasteiger partial charge >= 0.3 is 5.97 Å². The van der Waals surface area contributed by atoms with Gasteiger partial charge in [0.05, 0.1) is 13.2 Å². The van der Waals surface area contributed by atoms with Crippen LogP contribution >= 0.6 is 0 Å². The third-order valence-corrected chi connectivity index (χ3v) is 4.09. The highest BCUT2D eigenvalue weighted by Gasteiger charge is 2.52. The van der Waals surface area contributed by atoms with Gasteiger partial charge in [0.15, 0.2) is 5.79 Å². The van der Waals surface area contributed by atoms with E-state index in [0.717, 1.165) is 12.8 Å². The van der Waals surface area contributed by atoms with Crippen molar-refractivity contribution in [2.75, 3.05) is 19.8 Å². The molecular weight excluding hydrogens is 270 g/mol. The van der Waals surface area contributed by atoms with E-state index in [4.69, 9.17) is 14.2 Å². The fourth-order valence-electron chi connectivity index (χ4n) is 3.67. The maximum Gasteiger partial charge on any atom is 0.302 e. The van der Waals surface area contributed by atoms with Gasteiger partial charge in [-0.3, -0.25) is 4.79 Å². The summed E-state index contributed by atoms with van der Waals surface area (Å²) in [5.74, 6) is -0.797. The van der Waals surface area contributed by atoms with Crippen LogP contribution < -0.4 is 5.32 Å². The van der Waals surface area contributed by atoms with Crippen LogP contribution in [0.1, 0.15) is 54.4 Å². The maximum absolute atomic E-state index is 11.0. The van der Waals surface area contributed by atoms with E-state index < -0.39 is 5.79 Å². The molecule has 2 aliphatic heterocycles. The van der Waals surface area contributed by atoms with Crippen LogP contribution in [0.5, 0.6) is 0 Å². The highest BCUT2D eigenvalue weighted by Crippen LogP contribution is 2.43. The lowest BCUT2D eigenvalue weighted by Crippen LogP contribution is -2.67. The molecule has 0 amide bonds. The average Bonchev–Trinajstić information content (AvgIpc) is 2.27. The second kappa shape index (κ2) is 5.21. The van der Waals surface area contributed by atoms with Crippen LogP contribution in [0, 0.1) is 5.41 Å². The molecule has 0 aromatic heterocycles. The molecule has 0 aromatic carbocycles. The zero-order valence-electron chi connectivity index (χ0n) is 14.2. The summed E-state index contributed by atoms with van der Waals surface area (Å²) in [5.41, 5.74) is -0.340. The summed E-state index contributed by atoms with van der Waals surface area (Å²) in [6, 6.07) is 0. The molecule has 2 heterocycles. The normalized spacial score (nSPS) is 29.0. The Kier molecular flexibility index (Phi) is 4.15. The molecule has 1 N–H and O–H groups in total. The van der Waals surface area contributed by atoms with E-state index in [9.17, 15) is 4.79 Å². The van der Waals surface area contributed by atoms with Crippen molar-refractivity contribution >= 4 is 5.97 Å². The fourth-order valence-corrected chi connectivity index (χ4v) is 3.67. The van der Waals surface area contributed by atoms with Gasteiger partial charge in [0.25, 0.3) is 0 Å². The van der Waals surface area contributed by atoms with E-state index >= 15 is 0 Å². The molecule has 2 saturated heterocycles. The summed E-state index contributed by atoms with van der Waals surface area (Å²) in [4.78, 5) is 11.0. The summed E-state index contributed by atoms with van der Waals surface area (Å²) in [7, 11) is 0.